The summed E-state index contributed by atoms with van der Waals surface area (Å²) in [7, 11) is 0. The second-order valence-corrected chi connectivity index (χ2v) is 4.91. The number of nitriles is 1. The van der Waals surface area contributed by atoms with Crippen LogP contribution in [0.3, 0.4) is 0 Å². The Bertz CT molecular complexity index is 619. The van der Waals surface area contributed by atoms with Crippen LogP contribution in [0.1, 0.15) is 25.8 Å². The van der Waals surface area contributed by atoms with E-state index in [0.717, 1.165) is 11.3 Å². The summed E-state index contributed by atoms with van der Waals surface area (Å²) in [5.74, 6) is -1.53. The molecule has 6 nitrogen and oxygen atoms in total. The van der Waals surface area contributed by atoms with Crippen LogP contribution in [0.5, 0.6) is 5.75 Å². The highest BCUT2D eigenvalue weighted by Gasteiger charge is 2.21. The molecule has 0 aliphatic heterocycles. The van der Waals surface area contributed by atoms with E-state index in [4.69, 9.17) is 20.1 Å². The normalized spacial score (nSPS) is 11.2. The monoisotopic (exact) mass is 316 g/mol. The molecule has 1 N–H and O–H groups in total. The van der Waals surface area contributed by atoms with E-state index in [2.05, 4.69) is 0 Å². The number of hydrogen-bond donors (Lipinski definition) is 1. The second-order valence-electron chi connectivity index (χ2n) is 4.91. The van der Waals surface area contributed by atoms with E-state index in [1.807, 2.05) is 31.2 Å². The molecule has 1 rings (SSSR count). The molecule has 0 radical (unpaired) electrons. The predicted octanol–water partition coefficient (Wildman–Crippen LogP) is 2.31. The number of para-hydroxylation sites is 1. The number of hydrogen-bond acceptors (Lipinski definition) is 6. The van der Waals surface area contributed by atoms with Gasteiger partial charge in [-0.05, 0) is 31.9 Å². The van der Waals surface area contributed by atoms with Gasteiger partial charge in [0.1, 0.15) is 11.7 Å². The number of benzene rings is 1. The van der Waals surface area contributed by atoms with Gasteiger partial charge in [0.2, 0.25) is 0 Å². The van der Waals surface area contributed by atoms with Crippen LogP contribution in [-0.2, 0) is 20.7 Å². The molecule has 0 heterocycles. The Morgan fingerprint density at radius 2 is 2.04 bits per heavy atom. The standard InChI is InChI=1S/C17H20N2O4/c1-3-22-16-7-5-4-6-13(16)8-9-17(21)23-11-15(20)14(10-18)12(2)19/h4-7,14,19H,3,8-9,11H2,1-2H3/t14-/m1/s1. The van der Waals surface area contributed by atoms with E-state index in [9.17, 15) is 9.59 Å². The Labute approximate surface area is 135 Å². The molecule has 0 unspecified atom stereocenters. The average Bonchev–Trinajstić information content (AvgIpc) is 2.52. The van der Waals surface area contributed by atoms with Crippen molar-refractivity contribution in [3.05, 3.63) is 29.8 Å². The van der Waals surface area contributed by atoms with Crippen molar-refractivity contribution in [3.8, 4) is 11.8 Å². The lowest BCUT2D eigenvalue weighted by atomic mass is 10.0. The van der Waals surface area contributed by atoms with Gasteiger partial charge < -0.3 is 14.9 Å². The number of ketones is 1. The molecule has 23 heavy (non-hydrogen) atoms. The fraction of sp³-hybridized carbons (Fsp3) is 0.412. The van der Waals surface area contributed by atoms with Crippen LogP contribution in [0.4, 0.5) is 0 Å². The van der Waals surface area contributed by atoms with Gasteiger partial charge in [0.25, 0.3) is 0 Å². The Morgan fingerprint density at radius 1 is 1.35 bits per heavy atom. The Kier molecular flexibility index (Phi) is 7.48. The number of esters is 1. The number of nitrogens with one attached hydrogen (secondary N) is 1. The molecule has 6 heteroatoms. The highest BCUT2D eigenvalue weighted by Crippen LogP contribution is 2.19. The summed E-state index contributed by atoms with van der Waals surface area (Å²) in [5, 5.41) is 16.1. The van der Waals surface area contributed by atoms with Crippen molar-refractivity contribution in [3.63, 3.8) is 0 Å². The summed E-state index contributed by atoms with van der Waals surface area (Å²) in [5.41, 5.74) is 0.835. The lowest BCUT2D eigenvalue weighted by Crippen LogP contribution is -2.25. The molecule has 0 amide bonds. The summed E-state index contributed by atoms with van der Waals surface area (Å²) in [6.45, 7) is 3.31. The summed E-state index contributed by atoms with van der Waals surface area (Å²) in [4.78, 5) is 23.4. The van der Waals surface area contributed by atoms with E-state index in [1.54, 1.807) is 6.07 Å². The summed E-state index contributed by atoms with van der Waals surface area (Å²) in [6, 6.07) is 9.14. The van der Waals surface area contributed by atoms with E-state index in [1.165, 1.54) is 6.92 Å². The lowest BCUT2D eigenvalue weighted by Gasteiger charge is -2.10. The van der Waals surface area contributed by atoms with Gasteiger partial charge in [0.05, 0.1) is 12.7 Å². The van der Waals surface area contributed by atoms with E-state index in [-0.39, 0.29) is 12.1 Å². The Morgan fingerprint density at radius 3 is 2.65 bits per heavy atom. The van der Waals surface area contributed by atoms with Crippen LogP contribution in [0.2, 0.25) is 0 Å². The SMILES string of the molecule is CCOc1ccccc1CCC(=O)OCC(=O)[C@H](C#N)C(C)=N. The zero-order valence-corrected chi connectivity index (χ0v) is 13.3. The van der Waals surface area contributed by atoms with Crippen molar-refractivity contribution in [2.75, 3.05) is 13.2 Å². The largest absolute Gasteiger partial charge is 0.494 e. The van der Waals surface area contributed by atoms with Crippen LogP contribution in [0, 0.1) is 22.7 Å². The number of nitrogens with zero attached hydrogens (tertiary/aromatic N) is 1. The first-order valence-electron chi connectivity index (χ1n) is 7.33. The molecule has 0 bridgehead atoms. The fourth-order valence-corrected chi connectivity index (χ4v) is 1.96. The van der Waals surface area contributed by atoms with Gasteiger partial charge in [0, 0.05) is 12.1 Å². The molecule has 0 saturated carbocycles. The molecule has 0 saturated heterocycles. The first kappa shape index (κ1) is 18.4. The predicted molar refractivity (Wildman–Crippen MR) is 84.4 cm³/mol. The van der Waals surface area contributed by atoms with Crippen LogP contribution in [0.15, 0.2) is 24.3 Å². The van der Waals surface area contributed by atoms with Crippen LogP contribution >= 0.6 is 0 Å². The molecular weight excluding hydrogens is 296 g/mol. The Hall–Kier alpha value is -2.68. The maximum atomic E-state index is 11.7. The number of ether oxygens (including phenoxy) is 2. The number of rotatable bonds is 9. The molecule has 122 valence electrons. The van der Waals surface area contributed by atoms with Gasteiger partial charge in [-0.1, -0.05) is 18.2 Å². The van der Waals surface area contributed by atoms with Crippen molar-refractivity contribution >= 4 is 17.5 Å². The quantitative estimate of drug-likeness (QED) is 0.556. The zero-order valence-electron chi connectivity index (χ0n) is 13.3. The topological polar surface area (TPSA) is 100 Å². The average molecular weight is 316 g/mol. The first-order valence-corrected chi connectivity index (χ1v) is 7.33. The minimum atomic E-state index is -1.15. The minimum Gasteiger partial charge on any atom is -0.494 e. The number of carbonyl (C=O) groups is 2. The molecule has 0 spiro atoms. The highest BCUT2D eigenvalue weighted by molar-refractivity contribution is 6.05. The minimum absolute atomic E-state index is 0.0563. The van der Waals surface area contributed by atoms with Crippen molar-refractivity contribution < 1.29 is 19.1 Å². The van der Waals surface area contributed by atoms with Gasteiger partial charge in [-0.25, -0.2) is 0 Å². The number of carbonyl (C=O) groups excluding carboxylic acids is 2. The van der Waals surface area contributed by atoms with Crippen LogP contribution in [-0.4, -0.2) is 30.7 Å². The van der Waals surface area contributed by atoms with Crippen LogP contribution in [0.25, 0.3) is 0 Å². The third-order valence-corrected chi connectivity index (χ3v) is 3.13. The molecule has 1 aromatic carbocycles. The van der Waals surface area contributed by atoms with E-state index in [0.29, 0.717) is 13.0 Å². The molecule has 0 fully saturated rings. The molecule has 0 aliphatic rings. The molecule has 0 aromatic heterocycles. The van der Waals surface area contributed by atoms with Gasteiger partial charge in [-0.2, -0.15) is 5.26 Å². The highest BCUT2D eigenvalue weighted by atomic mass is 16.5. The fourth-order valence-electron chi connectivity index (χ4n) is 1.96. The van der Waals surface area contributed by atoms with Crippen molar-refractivity contribution in [1.29, 1.82) is 10.7 Å². The molecule has 1 aromatic rings. The van der Waals surface area contributed by atoms with Crippen LogP contribution < -0.4 is 4.74 Å². The molecule has 0 aliphatic carbocycles. The van der Waals surface area contributed by atoms with Crippen molar-refractivity contribution in [1.82, 2.24) is 0 Å². The smallest absolute Gasteiger partial charge is 0.306 e. The zero-order chi connectivity index (χ0) is 17.2. The van der Waals surface area contributed by atoms with Crippen molar-refractivity contribution in [2.45, 2.75) is 26.7 Å². The third-order valence-electron chi connectivity index (χ3n) is 3.13. The van der Waals surface area contributed by atoms with E-state index >= 15 is 0 Å². The van der Waals surface area contributed by atoms with Gasteiger partial charge in [-0.15, -0.1) is 0 Å². The van der Waals surface area contributed by atoms with Gasteiger partial charge in [0.15, 0.2) is 12.4 Å². The molecular formula is C17H20N2O4. The third kappa shape index (κ3) is 5.91. The summed E-state index contributed by atoms with van der Waals surface area (Å²) in [6.07, 6.45) is 0.548. The van der Waals surface area contributed by atoms with Gasteiger partial charge >= 0.3 is 5.97 Å². The van der Waals surface area contributed by atoms with Gasteiger partial charge in [-0.3, -0.25) is 9.59 Å². The first-order chi connectivity index (χ1) is 11.0. The molecule has 1 atom stereocenters. The Balaban J connectivity index is 2.48. The number of aryl methyl sites for hydroxylation is 1. The second kappa shape index (κ2) is 9.36. The lowest BCUT2D eigenvalue weighted by molar-refractivity contribution is -0.148. The van der Waals surface area contributed by atoms with E-state index < -0.39 is 24.3 Å². The maximum absolute atomic E-state index is 11.7. The number of Topliss-reactive ketones (excluding diaryl/α,β-unsaturated/α-hetero) is 1. The maximum Gasteiger partial charge on any atom is 0.306 e. The van der Waals surface area contributed by atoms with Crippen molar-refractivity contribution in [2.24, 2.45) is 5.92 Å². The summed E-state index contributed by atoms with van der Waals surface area (Å²) < 4.78 is 10.4. The summed E-state index contributed by atoms with van der Waals surface area (Å²) >= 11 is 0.